The second-order valence-electron chi connectivity index (χ2n) is 3.30. The third-order valence-corrected chi connectivity index (χ3v) is 2.50. The standard InChI is InChI=1S/C8H18N2O/c1-7-8(3-4-9-7)10(2)5-6-11/h7-9,11H,3-6H2,1-2H3/t7-,8-/m1/s1. The second kappa shape index (κ2) is 4.04. The van der Waals surface area contributed by atoms with Crippen molar-refractivity contribution in [2.24, 2.45) is 0 Å². The van der Waals surface area contributed by atoms with Crippen molar-refractivity contribution in [2.75, 3.05) is 26.7 Å². The van der Waals surface area contributed by atoms with E-state index < -0.39 is 0 Å². The van der Waals surface area contributed by atoms with E-state index in [2.05, 4.69) is 24.2 Å². The molecule has 3 heteroatoms. The largest absolute Gasteiger partial charge is 0.395 e. The molecule has 0 bridgehead atoms. The van der Waals surface area contributed by atoms with Crippen LogP contribution in [0.1, 0.15) is 13.3 Å². The highest BCUT2D eigenvalue weighted by Crippen LogP contribution is 2.11. The molecule has 0 amide bonds. The van der Waals surface area contributed by atoms with Crippen molar-refractivity contribution in [1.29, 1.82) is 0 Å². The molecular formula is C8H18N2O. The Hall–Kier alpha value is -0.120. The van der Waals surface area contributed by atoms with E-state index in [9.17, 15) is 0 Å². The van der Waals surface area contributed by atoms with Gasteiger partial charge in [-0.2, -0.15) is 0 Å². The molecule has 2 N–H and O–H groups in total. The van der Waals surface area contributed by atoms with Gasteiger partial charge >= 0.3 is 0 Å². The molecule has 66 valence electrons. The van der Waals surface area contributed by atoms with Crippen LogP contribution in [0, 0.1) is 0 Å². The van der Waals surface area contributed by atoms with Gasteiger partial charge in [-0.05, 0) is 26.9 Å². The van der Waals surface area contributed by atoms with Crippen molar-refractivity contribution in [2.45, 2.75) is 25.4 Å². The number of likely N-dealkylation sites (N-methyl/N-ethyl adjacent to an activating group) is 1. The molecule has 0 aromatic carbocycles. The van der Waals surface area contributed by atoms with Gasteiger partial charge in [-0.3, -0.25) is 4.90 Å². The van der Waals surface area contributed by atoms with Gasteiger partial charge in [0.2, 0.25) is 0 Å². The maximum atomic E-state index is 8.72. The molecule has 1 rings (SSSR count). The van der Waals surface area contributed by atoms with E-state index in [1.54, 1.807) is 0 Å². The van der Waals surface area contributed by atoms with Crippen LogP contribution in [0.2, 0.25) is 0 Å². The predicted octanol–water partition coefficient (Wildman–Crippen LogP) is -0.339. The number of aliphatic hydroxyl groups excluding tert-OH is 1. The van der Waals surface area contributed by atoms with Crippen molar-refractivity contribution >= 4 is 0 Å². The molecule has 0 radical (unpaired) electrons. The summed E-state index contributed by atoms with van der Waals surface area (Å²) in [6.07, 6.45) is 1.21. The van der Waals surface area contributed by atoms with Gasteiger partial charge in [0.25, 0.3) is 0 Å². The average molecular weight is 158 g/mol. The summed E-state index contributed by atoms with van der Waals surface area (Å²) < 4.78 is 0. The quantitative estimate of drug-likeness (QED) is 0.590. The molecule has 2 atom stereocenters. The minimum Gasteiger partial charge on any atom is -0.395 e. The first-order chi connectivity index (χ1) is 5.25. The Balaban J connectivity index is 2.33. The summed E-state index contributed by atoms with van der Waals surface area (Å²) in [5, 5.41) is 12.1. The summed E-state index contributed by atoms with van der Waals surface area (Å²) in [4.78, 5) is 2.23. The Labute approximate surface area is 68.4 Å². The summed E-state index contributed by atoms with van der Waals surface area (Å²) in [6, 6.07) is 1.19. The first-order valence-electron chi connectivity index (χ1n) is 4.30. The molecule has 0 aromatic heterocycles. The van der Waals surface area contributed by atoms with E-state index in [0.29, 0.717) is 12.1 Å². The second-order valence-corrected chi connectivity index (χ2v) is 3.30. The van der Waals surface area contributed by atoms with Crippen LogP contribution < -0.4 is 5.32 Å². The molecule has 1 aliphatic rings. The predicted molar refractivity (Wildman–Crippen MR) is 45.6 cm³/mol. The van der Waals surface area contributed by atoms with E-state index in [1.165, 1.54) is 6.42 Å². The van der Waals surface area contributed by atoms with Crippen LogP contribution in [0.5, 0.6) is 0 Å². The Kier molecular flexibility index (Phi) is 3.30. The summed E-state index contributed by atoms with van der Waals surface area (Å²) in [5.41, 5.74) is 0. The first kappa shape index (κ1) is 8.97. The molecule has 1 fully saturated rings. The monoisotopic (exact) mass is 158 g/mol. The molecule has 3 nitrogen and oxygen atoms in total. The molecule has 0 aromatic rings. The number of nitrogens with one attached hydrogen (secondary N) is 1. The Morgan fingerprint density at radius 1 is 1.64 bits per heavy atom. The van der Waals surface area contributed by atoms with Crippen molar-refractivity contribution in [3.63, 3.8) is 0 Å². The Morgan fingerprint density at radius 2 is 2.36 bits per heavy atom. The maximum Gasteiger partial charge on any atom is 0.0558 e. The lowest BCUT2D eigenvalue weighted by molar-refractivity contribution is 0.173. The number of hydrogen-bond donors (Lipinski definition) is 2. The van der Waals surface area contributed by atoms with Crippen LogP contribution in [0.4, 0.5) is 0 Å². The van der Waals surface area contributed by atoms with Crippen LogP contribution in [0.15, 0.2) is 0 Å². The molecule has 1 aliphatic heterocycles. The summed E-state index contributed by atoms with van der Waals surface area (Å²) in [6.45, 7) is 4.36. The lowest BCUT2D eigenvalue weighted by atomic mass is 10.1. The van der Waals surface area contributed by atoms with Gasteiger partial charge in [-0.25, -0.2) is 0 Å². The topological polar surface area (TPSA) is 35.5 Å². The zero-order chi connectivity index (χ0) is 8.27. The minimum absolute atomic E-state index is 0.264. The molecule has 1 saturated heterocycles. The van der Waals surface area contributed by atoms with Gasteiger partial charge in [0.1, 0.15) is 0 Å². The average Bonchev–Trinajstić information content (AvgIpc) is 2.36. The van der Waals surface area contributed by atoms with Crippen LogP contribution in [0.3, 0.4) is 0 Å². The number of rotatable bonds is 3. The smallest absolute Gasteiger partial charge is 0.0558 e. The molecule has 0 spiro atoms. The number of aliphatic hydroxyl groups is 1. The zero-order valence-electron chi connectivity index (χ0n) is 7.38. The highest BCUT2D eigenvalue weighted by atomic mass is 16.3. The molecule has 0 saturated carbocycles. The molecule has 11 heavy (non-hydrogen) atoms. The molecule has 0 aliphatic carbocycles. The normalized spacial score (nSPS) is 31.6. The maximum absolute atomic E-state index is 8.72. The fourth-order valence-electron chi connectivity index (χ4n) is 1.77. The fraction of sp³-hybridized carbons (Fsp3) is 1.00. The van der Waals surface area contributed by atoms with Crippen LogP contribution in [-0.2, 0) is 0 Å². The third-order valence-electron chi connectivity index (χ3n) is 2.50. The summed E-state index contributed by atoms with van der Waals surface area (Å²) in [5.74, 6) is 0. The lowest BCUT2D eigenvalue weighted by Crippen LogP contribution is -2.41. The highest BCUT2D eigenvalue weighted by Gasteiger charge is 2.25. The van der Waals surface area contributed by atoms with Crippen molar-refractivity contribution < 1.29 is 5.11 Å². The van der Waals surface area contributed by atoms with Gasteiger partial charge in [0, 0.05) is 18.6 Å². The number of nitrogens with zero attached hydrogens (tertiary/aromatic N) is 1. The van der Waals surface area contributed by atoms with Gasteiger partial charge in [-0.1, -0.05) is 0 Å². The van der Waals surface area contributed by atoms with Crippen molar-refractivity contribution in [1.82, 2.24) is 10.2 Å². The molecular weight excluding hydrogens is 140 g/mol. The van der Waals surface area contributed by atoms with E-state index >= 15 is 0 Å². The highest BCUT2D eigenvalue weighted by molar-refractivity contribution is 4.86. The van der Waals surface area contributed by atoms with Crippen LogP contribution >= 0.6 is 0 Å². The number of hydrogen-bond acceptors (Lipinski definition) is 3. The van der Waals surface area contributed by atoms with Crippen molar-refractivity contribution in [3.8, 4) is 0 Å². The summed E-state index contributed by atoms with van der Waals surface area (Å²) in [7, 11) is 2.07. The third kappa shape index (κ3) is 2.15. The lowest BCUT2D eigenvalue weighted by Gasteiger charge is -2.26. The Bertz CT molecular complexity index is 119. The molecule has 1 heterocycles. The van der Waals surface area contributed by atoms with Gasteiger partial charge in [0.15, 0.2) is 0 Å². The van der Waals surface area contributed by atoms with E-state index in [1.807, 2.05) is 0 Å². The van der Waals surface area contributed by atoms with Gasteiger partial charge < -0.3 is 10.4 Å². The summed E-state index contributed by atoms with van der Waals surface area (Å²) >= 11 is 0. The van der Waals surface area contributed by atoms with Gasteiger partial charge in [-0.15, -0.1) is 0 Å². The van der Waals surface area contributed by atoms with Gasteiger partial charge in [0.05, 0.1) is 6.61 Å². The van der Waals surface area contributed by atoms with Crippen molar-refractivity contribution in [3.05, 3.63) is 0 Å². The fourth-order valence-corrected chi connectivity index (χ4v) is 1.77. The van der Waals surface area contributed by atoms with Crippen LogP contribution in [-0.4, -0.2) is 48.8 Å². The zero-order valence-corrected chi connectivity index (χ0v) is 7.38. The molecule has 0 unspecified atom stereocenters. The van der Waals surface area contributed by atoms with E-state index in [-0.39, 0.29) is 6.61 Å². The first-order valence-corrected chi connectivity index (χ1v) is 4.30. The van der Waals surface area contributed by atoms with Crippen LogP contribution in [0.25, 0.3) is 0 Å². The van der Waals surface area contributed by atoms with E-state index in [4.69, 9.17) is 5.11 Å². The Morgan fingerprint density at radius 3 is 2.82 bits per heavy atom. The SMILES string of the molecule is C[C@H]1NCC[C@H]1N(C)CCO. The van der Waals surface area contributed by atoms with E-state index in [0.717, 1.165) is 13.1 Å². The minimum atomic E-state index is 0.264.